The zero-order valence-electron chi connectivity index (χ0n) is 10.4. The lowest BCUT2D eigenvalue weighted by molar-refractivity contribution is 0.905. The minimum Gasteiger partial charge on any atom is -0.389 e. The number of hydrogen-bond acceptors (Lipinski definition) is 4. The average molecular weight is 277 g/mol. The van der Waals surface area contributed by atoms with E-state index >= 15 is 0 Å². The number of thiazole rings is 1. The molecule has 0 unspecified atom stereocenters. The van der Waals surface area contributed by atoms with Crippen LogP contribution in [0.25, 0.3) is 0 Å². The van der Waals surface area contributed by atoms with Crippen molar-refractivity contribution in [2.45, 2.75) is 13.5 Å². The van der Waals surface area contributed by atoms with E-state index in [1.165, 1.54) is 0 Å². The van der Waals surface area contributed by atoms with Gasteiger partial charge in [0.15, 0.2) is 0 Å². The zero-order valence-corrected chi connectivity index (χ0v) is 12.0. The number of aromatic nitrogens is 1. The van der Waals surface area contributed by atoms with Crippen LogP contribution in [-0.2, 0) is 6.54 Å². The van der Waals surface area contributed by atoms with Crippen molar-refractivity contribution in [2.75, 3.05) is 11.9 Å². The van der Waals surface area contributed by atoms with Crippen LogP contribution in [-0.4, -0.2) is 17.0 Å². The minimum atomic E-state index is 0.430. The summed E-state index contributed by atoms with van der Waals surface area (Å²) in [6.07, 6.45) is 0. The Labute approximate surface area is 116 Å². The molecule has 0 aliphatic heterocycles. The first-order chi connectivity index (χ1) is 8.56. The van der Waals surface area contributed by atoms with Gasteiger partial charge < -0.3 is 10.6 Å². The maximum absolute atomic E-state index is 5.58. The molecule has 0 fully saturated rings. The molecule has 0 spiro atoms. The molecular weight excluding hydrogens is 262 g/mol. The Morgan fingerprint density at radius 3 is 2.56 bits per heavy atom. The van der Waals surface area contributed by atoms with Gasteiger partial charge in [-0.05, 0) is 31.2 Å². The number of thiocarbonyl (C=S) groups is 1. The molecule has 3 nitrogen and oxygen atoms in total. The quantitative estimate of drug-likeness (QED) is 0.873. The van der Waals surface area contributed by atoms with E-state index in [0.717, 1.165) is 28.5 Å². The van der Waals surface area contributed by atoms with Crippen LogP contribution in [0, 0.1) is 6.92 Å². The maximum atomic E-state index is 5.58. The molecule has 0 saturated carbocycles. The van der Waals surface area contributed by atoms with Crippen LogP contribution in [0.1, 0.15) is 16.3 Å². The molecule has 0 bridgehead atoms. The van der Waals surface area contributed by atoms with Crippen molar-refractivity contribution in [1.82, 2.24) is 4.98 Å². The van der Waals surface area contributed by atoms with Gasteiger partial charge in [0.25, 0.3) is 0 Å². The zero-order chi connectivity index (χ0) is 13.1. The van der Waals surface area contributed by atoms with E-state index in [0.29, 0.717) is 4.99 Å². The number of hydrogen-bond donors (Lipinski definition) is 1. The molecule has 94 valence electrons. The molecular formula is C13H15N3S2. The van der Waals surface area contributed by atoms with Crippen LogP contribution >= 0.6 is 23.6 Å². The van der Waals surface area contributed by atoms with E-state index in [2.05, 4.69) is 15.3 Å². The van der Waals surface area contributed by atoms with Gasteiger partial charge in [-0.2, -0.15) is 0 Å². The monoisotopic (exact) mass is 277 g/mol. The molecule has 1 aromatic heterocycles. The van der Waals surface area contributed by atoms with Crippen molar-refractivity contribution < 1.29 is 0 Å². The molecule has 5 heteroatoms. The highest BCUT2D eigenvalue weighted by Gasteiger charge is 2.05. The van der Waals surface area contributed by atoms with Gasteiger partial charge in [0.1, 0.15) is 10.00 Å². The second kappa shape index (κ2) is 5.46. The lowest BCUT2D eigenvalue weighted by Crippen LogP contribution is -2.16. The van der Waals surface area contributed by atoms with Crippen LogP contribution < -0.4 is 10.6 Å². The van der Waals surface area contributed by atoms with E-state index in [9.17, 15) is 0 Å². The number of aryl methyl sites for hydroxylation is 1. The summed E-state index contributed by atoms with van der Waals surface area (Å²) in [4.78, 5) is 7.04. The summed E-state index contributed by atoms with van der Waals surface area (Å²) in [5.74, 6) is 0. The SMILES string of the molecule is Cc1csc(CN(C)c2ccc(C(N)=S)cc2)n1. The van der Waals surface area contributed by atoms with Crippen molar-refractivity contribution in [2.24, 2.45) is 5.73 Å². The van der Waals surface area contributed by atoms with E-state index in [-0.39, 0.29) is 0 Å². The molecule has 18 heavy (non-hydrogen) atoms. The molecule has 0 atom stereocenters. The van der Waals surface area contributed by atoms with Crippen LogP contribution in [0.4, 0.5) is 5.69 Å². The fourth-order valence-corrected chi connectivity index (χ4v) is 2.61. The summed E-state index contributed by atoms with van der Waals surface area (Å²) < 4.78 is 0. The first-order valence-electron chi connectivity index (χ1n) is 5.58. The number of nitrogens with two attached hydrogens (primary N) is 1. The fraction of sp³-hybridized carbons (Fsp3) is 0.231. The molecule has 0 saturated heterocycles. The summed E-state index contributed by atoms with van der Waals surface area (Å²) in [5, 5.41) is 3.19. The third-order valence-corrected chi connectivity index (χ3v) is 3.82. The fourth-order valence-electron chi connectivity index (χ4n) is 1.65. The van der Waals surface area contributed by atoms with Gasteiger partial charge >= 0.3 is 0 Å². The predicted octanol–water partition coefficient (Wildman–Crippen LogP) is 2.72. The van der Waals surface area contributed by atoms with Crippen molar-refractivity contribution >= 4 is 34.2 Å². The van der Waals surface area contributed by atoms with Gasteiger partial charge in [-0.1, -0.05) is 12.2 Å². The Balaban J connectivity index is 2.09. The summed E-state index contributed by atoms with van der Waals surface area (Å²) in [5.41, 5.74) is 8.68. The van der Waals surface area contributed by atoms with Gasteiger partial charge in [-0.25, -0.2) is 4.98 Å². The Morgan fingerprint density at radius 1 is 1.39 bits per heavy atom. The molecule has 2 aromatic rings. The van der Waals surface area contributed by atoms with Crippen LogP contribution in [0.15, 0.2) is 29.6 Å². The largest absolute Gasteiger partial charge is 0.389 e. The lowest BCUT2D eigenvalue weighted by atomic mass is 10.2. The van der Waals surface area contributed by atoms with Crippen LogP contribution in [0.2, 0.25) is 0 Å². The Kier molecular flexibility index (Phi) is 3.93. The lowest BCUT2D eigenvalue weighted by Gasteiger charge is -2.18. The first-order valence-corrected chi connectivity index (χ1v) is 6.87. The smallest absolute Gasteiger partial charge is 0.112 e. The van der Waals surface area contributed by atoms with Crippen molar-refractivity contribution in [1.29, 1.82) is 0 Å². The van der Waals surface area contributed by atoms with Crippen molar-refractivity contribution in [3.05, 3.63) is 45.9 Å². The molecule has 0 radical (unpaired) electrons. The minimum absolute atomic E-state index is 0.430. The molecule has 1 aromatic carbocycles. The first kappa shape index (κ1) is 13.0. The highest BCUT2D eigenvalue weighted by atomic mass is 32.1. The molecule has 2 rings (SSSR count). The second-order valence-corrected chi connectivity index (χ2v) is 5.53. The van der Waals surface area contributed by atoms with E-state index in [1.54, 1.807) is 11.3 Å². The summed E-state index contributed by atoms with van der Waals surface area (Å²) >= 11 is 6.62. The normalized spacial score (nSPS) is 10.3. The summed E-state index contributed by atoms with van der Waals surface area (Å²) in [6.45, 7) is 2.82. The number of benzene rings is 1. The Bertz CT molecular complexity index is 546. The molecule has 0 aliphatic carbocycles. The van der Waals surface area contributed by atoms with Crippen molar-refractivity contribution in [3.63, 3.8) is 0 Å². The van der Waals surface area contributed by atoms with E-state index in [4.69, 9.17) is 18.0 Å². The van der Waals surface area contributed by atoms with Gasteiger partial charge in [0.05, 0.1) is 6.54 Å². The average Bonchev–Trinajstić information content (AvgIpc) is 2.75. The van der Waals surface area contributed by atoms with Gasteiger partial charge in [0.2, 0.25) is 0 Å². The van der Waals surface area contributed by atoms with E-state index in [1.807, 2.05) is 38.2 Å². The standard InChI is InChI=1S/C13H15N3S2/c1-9-8-18-12(15-9)7-16(2)11-5-3-10(4-6-11)13(14)17/h3-6,8H,7H2,1-2H3,(H2,14,17). The third-order valence-electron chi connectivity index (χ3n) is 2.63. The second-order valence-electron chi connectivity index (χ2n) is 4.15. The number of rotatable bonds is 4. The van der Waals surface area contributed by atoms with E-state index < -0.39 is 0 Å². The van der Waals surface area contributed by atoms with Crippen LogP contribution in [0.3, 0.4) is 0 Å². The van der Waals surface area contributed by atoms with Crippen molar-refractivity contribution in [3.8, 4) is 0 Å². The number of anilines is 1. The Hall–Kier alpha value is -1.46. The molecule has 0 amide bonds. The van der Waals surface area contributed by atoms with Gasteiger partial charge in [-0.15, -0.1) is 11.3 Å². The third kappa shape index (κ3) is 3.05. The topological polar surface area (TPSA) is 42.1 Å². The molecule has 1 heterocycles. The molecule has 2 N–H and O–H groups in total. The maximum Gasteiger partial charge on any atom is 0.112 e. The highest BCUT2D eigenvalue weighted by molar-refractivity contribution is 7.80. The van der Waals surface area contributed by atoms with Gasteiger partial charge in [0, 0.05) is 29.4 Å². The Morgan fingerprint density at radius 2 is 2.06 bits per heavy atom. The summed E-state index contributed by atoms with van der Waals surface area (Å²) in [7, 11) is 2.05. The predicted molar refractivity (Wildman–Crippen MR) is 81.3 cm³/mol. The van der Waals surface area contributed by atoms with Crippen LogP contribution in [0.5, 0.6) is 0 Å². The highest BCUT2D eigenvalue weighted by Crippen LogP contribution is 2.18. The van der Waals surface area contributed by atoms with Gasteiger partial charge in [-0.3, -0.25) is 0 Å². The summed E-state index contributed by atoms with van der Waals surface area (Å²) in [6, 6.07) is 7.94. The molecule has 0 aliphatic rings. The number of nitrogens with zero attached hydrogens (tertiary/aromatic N) is 2.